The molecular weight excluding hydrogens is 278 g/mol. The number of hydrogen-bond donors (Lipinski definition) is 1. The smallest absolute Gasteiger partial charge is 0.0459 e. The summed E-state index contributed by atoms with van der Waals surface area (Å²) in [5.41, 5.74) is 1.52. The summed E-state index contributed by atoms with van der Waals surface area (Å²) in [7, 11) is 0. The fourth-order valence-electron chi connectivity index (χ4n) is 2.36. The Hall–Kier alpha value is 0.360. The minimum atomic E-state index is 0.522. The molecule has 0 aromatic carbocycles. The molecule has 0 radical (unpaired) electrons. The molecule has 1 aromatic heterocycles. The van der Waals surface area contributed by atoms with Crippen molar-refractivity contribution in [2.24, 2.45) is 0 Å². The summed E-state index contributed by atoms with van der Waals surface area (Å²) in [5.74, 6) is 1.27. The predicted molar refractivity (Wildman–Crippen MR) is 88.2 cm³/mol. The average molecular weight is 302 g/mol. The fourth-order valence-corrected chi connectivity index (χ4v) is 6.22. The Morgan fingerprint density at radius 3 is 2.72 bits per heavy atom. The van der Waals surface area contributed by atoms with Crippen molar-refractivity contribution in [1.29, 1.82) is 0 Å². The van der Waals surface area contributed by atoms with Crippen LogP contribution in [0.4, 0.5) is 0 Å². The van der Waals surface area contributed by atoms with E-state index in [1.54, 1.807) is 0 Å². The number of aryl methyl sites for hydroxylation is 1. The molecule has 0 amide bonds. The van der Waals surface area contributed by atoms with Crippen molar-refractivity contribution in [2.75, 3.05) is 12.3 Å². The van der Waals surface area contributed by atoms with Crippen LogP contribution < -0.4 is 5.32 Å². The summed E-state index contributed by atoms with van der Waals surface area (Å²) in [6.45, 7) is 10.2. The molecular formula is C14H23NS3. The van der Waals surface area contributed by atoms with E-state index in [1.165, 1.54) is 16.2 Å². The van der Waals surface area contributed by atoms with Crippen LogP contribution in [-0.2, 0) is 0 Å². The molecule has 4 heteroatoms. The highest BCUT2D eigenvalue weighted by Crippen LogP contribution is 2.42. The molecule has 2 heterocycles. The maximum atomic E-state index is 3.70. The van der Waals surface area contributed by atoms with Gasteiger partial charge in [0.05, 0.1) is 0 Å². The van der Waals surface area contributed by atoms with Gasteiger partial charge in [0.25, 0.3) is 0 Å². The van der Waals surface area contributed by atoms with Crippen molar-refractivity contribution in [3.63, 3.8) is 0 Å². The van der Waals surface area contributed by atoms with Crippen molar-refractivity contribution >= 4 is 34.9 Å². The van der Waals surface area contributed by atoms with Crippen molar-refractivity contribution < 1.29 is 0 Å². The van der Waals surface area contributed by atoms with Gasteiger partial charge >= 0.3 is 0 Å². The molecule has 0 saturated carbocycles. The van der Waals surface area contributed by atoms with Gasteiger partial charge in [0.2, 0.25) is 0 Å². The molecule has 1 N–H and O–H groups in total. The van der Waals surface area contributed by atoms with Crippen LogP contribution in [0.25, 0.3) is 0 Å². The second-order valence-electron chi connectivity index (χ2n) is 4.89. The predicted octanol–water partition coefficient (Wildman–Crippen LogP) is 4.33. The number of thioether (sulfide) groups is 2. The van der Waals surface area contributed by atoms with Gasteiger partial charge in [0.15, 0.2) is 0 Å². The van der Waals surface area contributed by atoms with Gasteiger partial charge in [-0.05, 0) is 30.5 Å². The van der Waals surface area contributed by atoms with Crippen LogP contribution in [0.2, 0.25) is 0 Å². The van der Waals surface area contributed by atoms with Crippen LogP contribution in [0.15, 0.2) is 11.4 Å². The van der Waals surface area contributed by atoms with Gasteiger partial charge in [0.1, 0.15) is 0 Å². The highest BCUT2D eigenvalue weighted by molar-refractivity contribution is 8.07. The van der Waals surface area contributed by atoms with Crippen molar-refractivity contribution in [3.05, 3.63) is 21.9 Å². The van der Waals surface area contributed by atoms with E-state index in [-0.39, 0.29) is 0 Å². The van der Waals surface area contributed by atoms with Crippen LogP contribution in [0.3, 0.4) is 0 Å². The highest BCUT2D eigenvalue weighted by Gasteiger charge is 2.32. The van der Waals surface area contributed by atoms with Gasteiger partial charge in [-0.3, -0.25) is 0 Å². The van der Waals surface area contributed by atoms with E-state index in [0.29, 0.717) is 11.3 Å². The van der Waals surface area contributed by atoms with Gasteiger partial charge < -0.3 is 5.32 Å². The Bertz CT molecular complexity index is 377. The molecule has 1 nitrogen and oxygen atoms in total. The van der Waals surface area contributed by atoms with Crippen LogP contribution in [0.1, 0.15) is 37.3 Å². The molecule has 4 atom stereocenters. The van der Waals surface area contributed by atoms with Crippen LogP contribution in [-0.4, -0.2) is 28.0 Å². The lowest BCUT2D eigenvalue weighted by atomic mass is 10.1. The Labute approximate surface area is 124 Å². The van der Waals surface area contributed by atoms with Gasteiger partial charge in [0, 0.05) is 32.4 Å². The lowest BCUT2D eigenvalue weighted by molar-refractivity contribution is 0.547. The van der Waals surface area contributed by atoms with E-state index < -0.39 is 0 Å². The molecule has 1 aromatic rings. The summed E-state index contributed by atoms with van der Waals surface area (Å²) in [5, 5.41) is 8.18. The molecule has 0 spiro atoms. The first kappa shape index (κ1) is 14.8. The zero-order chi connectivity index (χ0) is 13.1. The molecule has 18 heavy (non-hydrogen) atoms. The SMILES string of the molecule is CCNC(c1ccsc1C)C1CSC(C)C(C)S1. The Kier molecular flexibility index (Phi) is 5.48. The molecule has 1 aliphatic heterocycles. The zero-order valence-electron chi connectivity index (χ0n) is 11.6. The van der Waals surface area contributed by atoms with Crippen LogP contribution in [0.5, 0.6) is 0 Å². The number of rotatable bonds is 4. The van der Waals surface area contributed by atoms with E-state index in [0.717, 1.165) is 17.0 Å². The number of hydrogen-bond acceptors (Lipinski definition) is 4. The maximum Gasteiger partial charge on any atom is 0.0459 e. The number of thiophene rings is 1. The van der Waals surface area contributed by atoms with Crippen molar-refractivity contribution in [2.45, 2.75) is 49.5 Å². The summed E-state index contributed by atoms with van der Waals surface area (Å²) in [6.07, 6.45) is 0. The standard InChI is InChI=1S/C14H23NS3/c1-5-15-14(12-6-7-16-11(12)4)13-8-17-9(2)10(3)18-13/h6-7,9-10,13-15H,5,8H2,1-4H3. The first-order valence-corrected chi connectivity index (χ1v) is 9.55. The minimum absolute atomic E-state index is 0.522. The lowest BCUT2D eigenvalue weighted by Gasteiger charge is -2.36. The topological polar surface area (TPSA) is 12.0 Å². The summed E-state index contributed by atoms with van der Waals surface area (Å²) >= 11 is 6.17. The molecule has 4 unspecified atom stereocenters. The molecule has 0 aliphatic carbocycles. The first-order chi connectivity index (χ1) is 8.63. The lowest BCUT2D eigenvalue weighted by Crippen LogP contribution is -2.37. The van der Waals surface area contributed by atoms with Crippen LogP contribution >= 0.6 is 34.9 Å². The zero-order valence-corrected chi connectivity index (χ0v) is 14.1. The Morgan fingerprint density at radius 1 is 1.39 bits per heavy atom. The fraction of sp³-hybridized carbons (Fsp3) is 0.714. The second-order valence-corrected chi connectivity index (χ2v) is 9.04. The van der Waals surface area contributed by atoms with Crippen LogP contribution in [0, 0.1) is 6.92 Å². The third-order valence-electron chi connectivity index (χ3n) is 3.60. The maximum absolute atomic E-state index is 3.70. The van der Waals surface area contributed by atoms with E-state index in [9.17, 15) is 0 Å². The molecule has 2 rings (SSSR count). The third kappa shape index (κ3) is 3.27. The summed E-state index contributed by atoms with van der Waals surface area (Å²) < 4.78 is 0. The van der Waals surface area contributed by atoms with Gasteiger partial charge in [-0.15, -0.1) is 11.3 Å². The average Bonchev–Trinajstić information content (AvgIpc) is 2.76. The minimum Gasteiger partial charge on any atom is -0.309 e. The molecule has 1 fully saturated rings. The summed E-state index contributed by atoms with van der Waals surface area (Å²) in [6, 6.07) is 2.83. The Balaban J connectivity index is 2.13. The van der Waals surface area contributed by atoms with Gasteiger partial charge in [-0.25, -0.2) is 0 Å². The first-order valence-electron chi connectivity index (χ1n) is 6.68. The molecule has 102 valence electrons. The van der Waals surface area contributed by atoms with Gasteiger partial charge in [-0.2, -0.15) is 23.5 Å². The van der Waals surface area contributed by atoms with E-state index in [1.807, 2.05) is 11.3 Å². The quantitative estimate of drug-likeness (QED) is 0.889. The largest absolute Gasteiger partial charge is 0.309 e. The monoisotopic (exact) mass is 301 g/mol. The second kappa shape index (κ2) is 6.69. The highest BCUT2D eigenvalue weighted by atomic mass is 32.2. The molecule has 0 bridgehead atoms. The van der Waals surface area contributed by atoms with Crippen molar-refractivity contribution in [3.8, 4) is 0 Å². The molecule has 1 aliphatic rings. The molecule has 1 saturated heterocycles. The van der Waals surface area contributed by atoms with Gasteiger partial charge in [-0.1, -0.05) is 20.8 Å². The van der Waals surface area contributed by atoms with Crippen molar-refractivity contribution in [1.82, 2.24) is 5.32 Å². The number of nitrogens with one attached hydrogen (secondary N) is 1. The third-order valence-corrected chi connectivity index (χ3v) is 7.96. The summed E-state index contributed by atoms with van der Waals surface area (Å²) in [4.78, 5) is 1.47. The van der Waals surface area contributed by atoms with E-state index in [2.05, 4.69) is 68.0 Å². The van der Waals surface area contributed by atoms with E-state index >= 15 is 0 Å². The Morgan fingerprint density at radius 2 is 2.17 bits per heavy atom. The normalized spacial score (nSPS) is 30.3. The van der Waals surface area contributed by atoms with E-state index in [4.69, 9.17) is 0 Å².